The monoisotopic (exact) mass is 284 g/mol. The highest BCUT2D eigenvalue weighted by atomic mass is 28.4. The van der Waals surface area contributed by atoms with Crippen molar-refractivity contribution in [1.29, 1.82) is 0 Å². The normalized spacial score (nSPS) is 30.2. The molecule has 0 spiro atoms. The molecule has 1 aliphatic carbocycles. The van der Waals surface area contributed by atoms with Gasteiger partial charge < -0.3 is 9.16 Å². The van der Waals surface area contributed by atoms with E-state index in [2.05, 4.69) is 20.8 Å². The molecule has 0 radical (unpaired) electrons. The summed E-state index contributed by atoms with van der Waals surface area (Å²) in [4.78, 5) is 0. The van der Waals surface area contributed by atoms with Crippen LogP contribution in [0.15, 0.2) is 0 Å². The lowest BCUT2D eigenvalue weighted by atomic mass is 9.87. The number of hydrogen-bond donors (Lipinski definition) is 0. The molecule has 2 fully saturated rings. The second-order valence-corrected chi connectivity index (χ2v) is 10.7. The maximum atomic E-state index is 6.35. The molecule has 1 aliphatic heterocycles. The lowest BCUT2D eigenvalue weighted by molar-refractivity contribution is 0.305. The van der Waals surface area contributed by atoms with Gasteiger partial charge in [0, 0.05) is 6.61 Å². The Morgan fingerprint density at radius 1 is 1.00 bits per heavy atom. The van der Waals surface area contributed by atoms with Crippen LogP contribution in [-0.2, 0) is 9.16 Å². The first-order chi connectivity index (χ1) is 9.23. The van der Waals surface area contributed by atoms with Crippen molar-refractivity contribution in [2.45, 2.75) is 89.6 Å². The third kappa shape index (κ3) is 4.30. The van der Waals surface area contributed by atoms with Gasteiger partial charge in [-0.15, -0.1) is 0 Å². The Labute approximate surface area is 120 Å². The van der Waals surface area contributed by atoms with Crippen LogP contribution < -0.4 is 0 Å². The van der Waals surface area contributed by atoms with Gasteiger partial charge in [-0.05, 0) is 50.2 Å². The summed E-state index contributed by atoms with van der Waals surface area (Å²) in [6.45, 7) is 7.74. The summed E-state index contributed by atoms with van der Waals surface area (Å²) in [6.07, 6.45) is 9.33. The van der Waals surface area contributed by atoms with Gasteiger partial charge in [0.05, 0.1) is 12.2 Å². The summed E-state index contributed by atoms with van der Waals surface area (Å²) >= 11 is 0. The standard InChI is InChI=1S/C16H32O2Si/c1-4-10-19(11-5-2,17-6-3)12-9-14-7-8-15-16(13-14)18-15/h14-16H,4-13H2,1-3H3. The number of hydrogen-bond acceptors (Lipinski definition) is 2. The van der Waals surface area contributed by atoms with E-state index in [0.717, 1.165) is 12.5 Å². The summed E-state index contributed by atoms with van der Waals surface area (Å²) in [5, 5.41) is 0. The van der Waals surface area contributed by atoms with E-state index < -0.39 is 8.32 Å². The van der Waals surface area contributed by atoms with Crippen LogP contribution in [0.25, 0.3) is 0 Å². The van der Waals surface area contributed by atoms with Gasteiger partial charge in [-0.25, -0.2) is 0 Å². The van der Waals surface area contributed by atoms with E-state index in [1.165, 1.54) is 56.7 Å². The molecule has 0 aromatic rings. The van der Waals surface area contributed by atoms with Crippen LogP contribution in [0, 0.1) is 5.92 Å². The fraction of sp³-hybridized carbons (Fsp3) is 1.00. The molecular formula is C16H32O2Si. The van der Waals surface area contributed by atoms with Crippen molar-refractivity contribution in [2.75, 3.05) is 6.61 Å². The van der Waals surface area contributed by atoms with Crippen LogP contribution in [-0.4, -0.2) is 27.1 Å². The summed E-state index contributed by atoms with van der Waals surface area (Å²) < 4.78 is 12.0. The van der Waals surface area contributed by atoms with Gasteiger partial charge in [-0.3, -0.25) is 0 Å². The van der Waals surface area contributed by atoms with Crippen LogP contribution in [0.1, 0.15) is 59.3 Å². The molecule has 2 aliphatic rings. The minimum atomic E-state index is -1.43. The predicted molar refractivity (Wildman–Crippen MR) is 83.0 cm³/mol. The van der Waals surface area contributed by atoms with Crippen LogP contribution in [0.2, 0.25) is 18.1 Å². The Morgan fingerprint density at radius 3 is 2.32 bits per heavy atom. The van der Waals surface area contributed by atoms with E-state index in [-0.39, 0.29) is 0 Å². The number of rotatable bonds is 9. The van der Waals surface area contributed by atoms with Gasteiger partial charge in [-0.1, -0.05) is 33.1 Å². The predicted octanol–water partition coefficient (Wildman–Crippen LogP) is 4.75. The zero-order valence-electron chi connectivity index (χ0n) is 13.1. The molecule has 3 atom stereocenters. The summed E-state index contributed by atoms with van der Waals surface area (Å²) in [5.74, 6) is 0.921. The average molecular weight is 285 g/mol. The Balaban J connectivity index is 1.82. The van der Waals surface area contributed by atoms with Crippen LogP contribution >= 0.6 is 0 Å². The Kier molecular flexibility index (Phi) is 5.91. The molecule has 2 nitrogen and oxygen atoms in total. The number of epoxide rings is 1. The molecule has 0 aromatic heterocycles. The highest BCUT2D eigenvalue weighted by Gasteiger charge is 2.44. The molecule has 1 saturated heterocycles. The van der Waals surface area contributed by atoms with Gasteiger partial charge in [0.2, 0.25) is 0 Å². The Bertz CT molecular complexity index is 252. The van der Waals surface area contributed by atoms with E-state index in [1.807, 2.05) is 0 Å². The maximum Gasteiger partial charge on any atom is 0.192 e. The van der Waals surface area contributed by atoms with Gasteiger partial charge in [0.1, 0.15) is 0 Å². The SMILES string of the molecule is CCC[Si](CCC)(CCC1CCC2OC2C1)OCC. The Morgan fingerprint density at radius 2 is 1.74 bits per heavy atom. The van der Waals surface area contributed by atoms with E-state index >= 15 is 0 Å². The van der Waals surface area contributed by atoms with Gasteiger partial charge >= 0.3 is 0 Å². The smallest absolute Gasteiger partial charge is 0.192 e. The minimum Gasteiger partial charge on any atom is -0.417 e. The van der Waals surface area contributed by atoms with Crippen molar-refractivity contribution in [1.82, 2.24) is 0 Å². The molecule has 3 unspecified atom stereocenters. The molecule has 0 amide bonds. The summed E-state index contributed by atoms with van der Waals surface area (Å²) in [5.41, 5.74) is 0. The second kappa shape index (κ2) is 7.23. The average Bonchev–Trinajstić information content (AvgIpc) is 3.16. The summed E-state index contributed by atoms with van der Waals surface area (Å²) in [7, 11) is -1.43. The zero-order valence-corrected chi connectivity index (χ0v) is 14.1. The highest BCUT2D eigenvalue weighted by Crippen LogP contribution is 2.42. The fourth-order valence-electron chi connectivity index (χ4n) is 4.03. The fourth-order valence-corrected chi connectivity index (χ4v) is 8.58. The Hall–Kier alpha value is 0.137. The van der Waals surface area contributed by atoms with Crippen molar-refractivity contribution in [3.8, 4) is 0 Å². The molecule has 112 valence electrons. The third-order valence-electron chi connectivity index (χ3n) is 4.98. The molecule has 0 aromatic carbocycles. The van der Waals surface area contributed by atoms with E-state index in [0.29, 0.717) is 12.2 Å². The lowest BCUT2D eigenvalue weighted by Crippen LogP contribution is -2.38. The molecule has 0 N–H and O–H groups in total. The molecule has 0 bridgehead atoms. The van der Waals surface area contributed by atoms with Gasteiger partial charge in [0.15, 0.2) is 8.32 Å². The highest BCUT2D eigenvalue weighted by molar-refractivity contribution is 6.73. The topological polar surface area (TPSA) is 21.8 Å². The zero-order chi connectivity index (χ0) is 13.7. The van der Waals surface area contributed by atoms with Crippen molar-refractivity contribution in [3.63, 3.8) is 0 Å². The molecule has 2 rings (SSSR count). The quantitative estimate of drug-likeness (QED) is 0.450. The largest absolute Gasteiger partial charge is 0.417 e. The number of fused-ring (bicyclic) bond motifs is 1. The lowest BCUT2D eigenvalue weighted by Gasteiger charge is -2.32. The third-order valence-corrected chi connectivity index (χ3v) is 9.91. The van der Waals surface area contributed by atoms with Crippen molar-refractivity contribution in [2.24, 2.45) is 5.92 Å². The first kappa shape index (κ1) is 15.5. The molecular weight excluding hydrogens is 252 g/mol. The summed E-state index contributed by atoms with van der Waals surface area (Å²) in [6, 6.07) is 4.12. The minimum absolute atomic E-state index is 0.638. The van der Waals surface area contributed by atoms with Crippen molar-refractivity contribution < 1.29 is 9.16 Å². The van der Waals surface area contributed by atoms with E-state index in [1.54, 1.807) is 0 Å². The van der Waals surface area contributed by atoms with Crippen LogP contribution in [0.5, 0.6) is 0 Å². The van der Waals surface area contributed by atoms with Gasteiger partial charge in [-0.2, -0.15) is 0 Å². The second-order valence-electron chi connectivity index (χ2n) is 6.55. The van der Waals surface area contributed by atoms with Crippen LogP contribution in [0.3, 0.4) is 0 Å². The molecule has 1 saturated carbocycles. The first-order valence-corrected chi connectivity index (χ1v) is 11.1. The van der Waals surface area contributed by atoms with Crippen LogP contribution in [0.4, 0.5) is 0 Å². The number of ether oxygens (including phenoxy) is 1. The van der Waals surface area contributed by atoms with Crippen molar-refractivity contribution >= 4 is 8.32 Å². The first-order valence-electron chi connectivity index (χ1n) is 8.52. The van der Waals surface area contributed by atoms with E-state index in [4.69, 9.17) is 9.16 Å². The maximum absolute atomic E-state index is 6.35. The van der Waals surface area contributed by atoms with Crippen molar-refractivity contribution in [3.05, 3.63) is 0 Å². The molecule has 3 heteroatoms. The molecule has 19 heavy (non-hydrogen) atoms. The van der Waals surface area contributed by atoms with Gasteiger partial charge in [0.25, 0.3) is 0 Å². The van der Waals surface area contributed by atoms with E-state index in [9.17, 15) is 0 Å². The molecule has 1 heterocycles.